The van der Waals surface area contributed by atoms with Crippen molar-refractivity contribution in [3.63, 3.8) is 0 Å². The number of aliphatic carboxylic acids is 2. The molecule has 1 atom stereocenters. The summed E-state index contributed by atoms with van der Waals surface area (Å²) in [5.41, 5.74) is 2.18. The number of carboxylic acids is 2. The molecule has 1 aromatic rings. The summed E-state index contributed by atoms with van der Waals surface area (Å²) < 4.78 is 0. The van der Waals surface area contributed by atoms with Crippen LogP contribution in [0.25, 0.3) is 5.57 Å². The molecule has 0 aromatic heterocycles. The summed E-state index contributed by atoms with van der Waals surface area (Å²) in [6, 6.07) is 7.44. The van der Waals surface area contributed by atoms with E-state index in [1.54, 1.807) is 6.07 Å². The van der Waals surface area contributed by atoms with Gasteiger partial charge in [-0.1, -0.05) is 42.5 Å². The molecule has 3 rings (SSSR count). The lowest BCUT2D eigenvalue weighted by atomic mass is 9.81. The third-order valence-corrected chi connectivity index (χ3v) is 4.89. The fourth-order valence-electron chi connectivity index (χ4n) is 3.44. The van der Waals surface area contributed by atoms with Crippen LogP contribution in [0.2, 0.25) is 0 Å². The summed E-state index contributed by atoms with van der Waals surface area (Å²) in [5, 5.41) is 35.1. The zero-order chi connectivity index (χ0) is 22.0. The SMILES string of the molecule is O=C(O)C=CC(=O)O.OCC1(CN2CCC=C(c3cccc(O)c3)C2)C=CC=CC1. The van der Waals surface area contributed by atoms with Gasteiger partial charge in [-0.25, -0.2) is 9.59 Å². The molecule has 1 unspecified atom stereocenters. The Morgan fingerprint density at radius 2 is 1.87 bits per heavy atom. The Labute approximate surface area is 175 Å². The van der Waals surface area contributed by atoms with E-state index in [1.807, 2.05) is 30.4 Å². The molecule has 7 nitrogen and oxygen atoms in total. The fraction of sp³-hybridized carbons (Fsp3) is 0.304. The van der Waals surface area contributed by atoms with E-state index in [0.717, 1.165) is 38.0 Å². The third kappa shape index (κ3) is 7.35. The molecule has 1 aliphatic carbocycles. The van der Waals surface area contributed by atoms with Gasteiger partial charge in [0.1, 0.15) is 5.75 Å². The van der Waals surface area contributed by atoms with E-state index in [4.69, 9.17) is 10.2 Å². The van der Waals surface area contributed by atoms with Crippen molar-refractivity contribution >= 4 is 17.5 Å². The number of aromatic hydroxyl groups is 1. The van der Waals surface area contributed by atoms with Crippen LogP contribution in [0.3, 0.4) is 0 Å². The number of benzene rings is 1. The number of hydrogen-bond donors (Lipinski definition) is 4. The van der Waals surface area contributed by atoms with Crippen LogP contribution in [0.1, 0.15) is 18.4 Å². The fourth-order valence-corrected chi connectivity index (χ4v) is 3.44. The van der Waals surface area contributed by atoms with Gasteiger partial charge in [0.2, 0.25) is 0 Å². The number of carbonyl (C=O) groups is 2. The van der Waals surface area contributed by atoms with Gasteiger partial charge in [-0.3, -0.25) is 4.90 Å². The highest BCUT2D eigenvalue weighted by Gasteiger charge is 2.30. The molecule has 30 heavy (non-hydrogen) atoms. The topological polar surface area (TPSA) is 118 Å². The Kier molecular flexibility index (Phi) is 8.58. The molecule has 0 spiro atoms. The van der Waals surface area contributed by atoms with Crippen LogP contribution < -0.4 is 0 Å². The molecule has 0 saturated heterocycles. The molecule has 0 saturated carbocycles. The number of hydrogen-bond acceptors (Lipinski definition) is 5. The predicted molar refractivity (Wildman–Crippen MR) is 114 cm³/mol. The molecule has 0 bridgehead atoms. The average molecular weight is 413 g/mol. The quantitative estimate of drug-likeness (QED) is 0.530. The number of carboxylic acid groups (broad SMARTS) is 2. The maximum absolute atomic E-state index is 9.83. The Hall–Kier alpha value is -3.16. The molecule has 2 aliphatic rings. The first-order valence-corrected chi connectivity index (χ1v) is 9.63. The van der Waals surface area contributed by atoms with Crippen molar-refractivity contribution in [3.8, 4) is 5.75 Å². The largest absolute Gasteiger partial charge is 0.508 e. The number of nitrogens with zero attached hydrogens (tertiary/aromatic N) is 1. The van der Waals surface area contributed by atoms with Crippen LogP contribution in [0.15, 0.2) is 66.8 Å². The highest BCUT2D eigenvalue weighted by atomic mass is 16.4. The zero-order valence-corrected chi connectivity index (χ0v) is 16.6. The second-order valence-corrected chi connectivity index (χ2v) is 7.30. The Morgan fingerprint density at radius 3 is 2.43 bits per heavy atom. The maximum atomic E-state index is 9.83. The summed E-state index contributed by atoms with van der Waals surface area (Å²) in [7, 11) is 0. The van der Waals surface area contributed by atoms with E-state index >= 15 is 0 Å². The molecule has 1 heterocycles. The van der Waals surface area contributed by atoms with Crippen LogP contribution in [0.4, 0.5) is 0 Å². The highest BCUT2D eigenvalue weighted by Crippen LogP contribution is 2.31. The summed E-state index contributed by atoms with van der Waals surface area (Å²) in [4.78, 5) is 21.5. The number of allylic oxidation sites excluding steroid dienone is 3. The van der Waals surface area contributed by atoms with Crippen molar-refractivity contribution in [2.45, 2.75) is 12.8 Å². The van der Waals surface area contributed by atoms with Crippen LogP contribution in [-0.4, -0.2) is 63.5 Å². The molecule has 0 radical (unpaired) electrons. The molecule has 1 aromatic carbocycles. The minimum atomic E-state index is -1.26. The molecule has 0 fully saturated rings. The van der Waals surface area contributed by atoms with E-state index in [1.165, 1.54) is 5.57 Å². The Morgan fingerprint density at radius 1 is 1.13 bits per heavy atom. The highest BCUT2D eigenvalue weighted by molar-refractivity contribution is 5.89. The minimum Gasteiger partial charge on any atom is -0.508 e. The Balaban J connectivity index is 0.000000343. The van der Waals surface area contributed by atoms with Gasteiger partial charge in [-0.05, 0) is 36.1 Å². The van der Waals surface area contributed by atoms with E-state index in [9.17, 15) is 19.8 Å². The van der Waals surface area contributed by atoms with E-state index in [-0.39, 0.29) is 12.0 Å². The van der Waals surface area contributed by atoms with Crippen molar-refractivity contribution in [2.24, 2.45) is 5.41 Å². The summed E-state index contributed by atoms with van der Waals surface area (Å²) >= 11 is 0. The van der Waals surface area contributed by atoms with E-state index in [2.05, 4.69) is 23.1 Å². The van der Waals surface area contributed by atoms with E-state index in [0.29, 0.717) is 17.9 Å². The zero-order valence-electron chi connectivity index (χ0n) is 16.6. The number of aliphatic hydroxyl groups excluding tert-OH is 1. The molecule has 7 heteroatoms. The summed E-state index contributed by atoms with van der Waals surface area (Å²) in [5.74, 6) is -2.21. The van der Waals surface area contributed by atoms with Crippen molar-refractivity contribution in [1.29, 1.82) is 0 Å². The average Bonchev–Trinajstić information content (AvgIpc) is 2.73. The first kappa shape index (κ1) is 23.1. The van der Waals surface area contributed by atoms with Crippen LogP contribution in [0.5, 0.6) is 5.75 Å². The van der Waals surface area contributed by atoms with Crippen molar-refractivity contribution < 1.29 is 30.0 Å². The molecule has 4 N–H and O–H groups in total. The molecular weight excluding hydrogens is 386 g/mol. The van der Waals surface area contributed by atoms with E-state index < -0.39 is 11.9 Å². The lowest BCUT2D eigenvalue weighted by molar-refractivity contribution is -0.134. The van der Waals surface area contributed by atoms with Gasteiger partial charge in [0.05, 0.1) is 6.61 Å². The maximum Gasteiger partial charge on any atom is 0.328 e. The van der Waals surface area contributed by atoms with Crippen molar-refractivity contribution in [1.82, 2.24) is 4.90 Å². The van der Waals surface area contributed by atoms with Gasteiger partial charge in [0.25, 0.3) is 0 Å². The standard InChI is InChI=1S/C19H23NO2.C4H4O4/c21-15-19(9-2-1-3-10-19)14-20-11-5-7-17(13-20)16-6-4-8-18(22)12-16;5-3(6)1-2-4(7)8/h1-4,6-9,12,21-22H,5,10-11,13-15H2;1-2H,(H,5,6)(H,7,8). The lowest BCUT2D eigenvalue weighted by Gasteiger charge is -2.37. The van der Waals surface area contributed by atoms with Gasteiger partial charge in [0, 0.05) is 37.2 Å². The van der Waals surface area contributed by atoms with Crippen LogP contribution in [0, 0.1) is 5.41 Å². The lowest BCUT2D eigenvalue weighted by Crippen LogP contribution is -2.41. The number of phenols is 1. The van der Waals surface area contributed by atoms with Crippen molar-refractivity contribution in [3.05, 3.63) is 72.4 Å². The predicted octanol–water partition coefficient (Wildman–Crippen LogP) is 2.69. The van der Waals surface area contributed by atoms with Gasteiger partial charge < -0.3 is 20.4 Å². The minimum absolute atomic E-state index is 0.157. The second-order valence-electron chi connectivity index (χ2n) is 7.30. The normalized spacial score (nSPS) is 21.0. The summed E-state index contributed by atoms with van der Waals surface area (Å²) in [6.45, 7) is 2.92. The second kappa shape index (κ2) is 11.1. The summed E-state index contributed by atoms with van der Waals surface area (Å²) in [6.07, 6.45) is 13.6. The van der Waals surface area contributed by atoms with Crippen LogP contribution >= 0.6 is 0 Å². The van der Waals surface area contributed by atoms with Gasteiger partial charge in [-0.2, -0.15) is 0 Å². The first-order chi connectivity index (χ1) is 14.3. The number of phenolic OH excluding ortho intramolecular Hbond substituents is 1. The molecule has 0 amide bonds. The Bertz CT molecular complexity index is 854. The molecule has 1 aliphatic heterocycles. The van der Waals surface area contributed by atoms with Gasteiger partial charge in [-0.15, -0.1) is 0 Å². The first-order valence-electron chi connectivity index (χ1n) is 9.63. The van der Waals surface area contributed by atoms with Gasteiger partial charge in [0.15, 0.2) is 0 Å². The van der Waals surface area contributed by atoms with Gasteiger partial charge >= 0.3 is 11.9 Å². The number of aliphatic hydroxyl groups is 1. The smallest absolute Gasteiger partial charge is 0.328 e. The molecule has 160 valence electrons. The number of rotatable bonds is 6. The monoisotopic (exact) mass is 413 g/mol. The van der Waals surface area contributed by atoms with Crippen LogP contribution in [-0.2, 0) is 9.59 Å². The van der Waals surface area contributed by atoms with Crippen molar-refractivity contribution in [2.75, 3.05) is 26.2 Å². The third-order valence-electron chi connectivity index (χ3n) is 4.89. The molecular formula is C23H27NO6.